The molecule has 0 radical (unpaired) electrons. The maximum atomic E-state index is 12.0. The fourth-order valence-corrected chi connectivity index (χ4v) is 0.916. The minimum Gasteiger partial charge on any atom is -1.00 e. The van der Waals surface area contributed by atoms with Crippen LogP contribution in [-0.2, 0) is 6.18 Å². The standard InChI is InChI=1S/C8H4ClF3O.ClH/c9-7(13)5-1-3-6(4-2-5)8(10,11)12;/h1-4H;1H/p-1. The van der Waals surface area contributed by atoms with E-state index in [9.17, 15) is 18.0 Å². The zero-order chi connectivity index (χ0) is 10.1. The molecule has 0 bridgehead atoms. The van der Waals surface area contributed by atoms with E-state index in [0.29, 0.717) is 0 Å². The summed E-state index contributed by atoms with van der Waals surface area (Å²) in [7, 11) is 0. The summed E-state index contributed by atoms with van der Waals surface area (Å²) in [5.41, 5.74) is -0.746. The SMILES string of the molecule is O=C(Cl)c1ccc(C(F)(F)F)cc1.[Cl-]. The van der Waals surface area contributed by atoms with Crippen LogP contribution in [0.25, 0.3) is 0 Å². The van der Waals surface area contributed by atoms with Crippen LogP contribution in [0.3, 0.4) is 0 Å². The first kappa shape index (κ1) is 13.3. The second-order valence-electron chi connectivity index (χ2n) is 2.35. The normalized spacial score (nSPS) is 10.6. The Labute approximate surface area is 89.3 Å². The van der Waals surface area contributed by atoms with Crippen molar-refractivity contribution >= 4 is 16.8 Å². The Bertz CT molecular complexity index is 318. The molecule has 0 N–H and O–H groups in total. The van der Waals surface area contributed by atoms with Crippen LogP contribution in [0.4, 0.5) is 13.2 Å². The van der Waals surface area contributed by atoms with E-state index < -0.39 is 17.0 Å². The molecule has 0 saturated heterocycles. The van der Waals surface area contributed by atoms with E-state index in [1.807, 2.05) is 0 Å². The molecule has 0 spiro atoms. The first-order valence-electron chi connectivity index (χ1n) is 3.28. The number of alkyl halides is 3. The van der Waals surface area contributed by atoms with Gasteiger partial charge in [-0.3, -0.25) is 4.79 Å². The Kier molecular flexibility index (Phi) is 4.42. The average molecular weight is 244 g/mol. The molecule has 1 nitrogen and oxygen atoms in total. The van der Waals surface area contributed by atoms with E-state index in [4.69, 9.17) is 11.6 Å². The van der Waals surface area contributed by atoms with Gasteiger partial charge in [0.25, 0.3) is 5.24 Å². The second-order valence-corrected chi connectivity index (χ2v) is 2.69. The molecular formula is C8H4Cl2F3O-. The molecule has 0 aliphatic rings. The fraction of sp³-hybridized carbons (Fsp3) is 0.125. The monoisotopic (exact) mass is 243 g/mol. The molecule has 14 heavy (non-hydrogen) atoms. The average Bonchev–Trinajstić information content (AvgIpc) is 2.03. The number of carbonyl (C=O) groups is 1. The van der Waals surface area contributed by atoms with E-state index in [2.05, 4.69) is 0 Å². The van der Waals surface area contributed by atoms with Crippen molar-refractivity contribution in [2.75, 3.05) is 0 Å². The van der Waals surface area contributed by atoms with Gasteiger partial charge in [0.05, 0.1) is 5.56 Å². The predicted octanol–water partition coefficient (Wildman–Crippen LogP) is 0.0884. The Morgan fingerprint density at radius 1 is 1.14 bits per heavy atom. The molecular weight excluding hydrogens is 240 g/mol. The fourth-order valence-electron chi connectivity index (χ4n) is 0.790. The Balaban J connectivity index is 0.00000169. The lowest BCUT2D eigenvalue weighted by Crippen LogP contribution is -3.00. The lowest BCUT2D eigenvalue weighted by atomic mass is 10.1. The molecule has 0 saturated carbocycles. The van der Waals surface area contributed by atoms with Gasteiger partial charge in [-0.25, -0.2) is 0 Å². The van der Waals surface area contributed by atoms with Gasteiger partial charge in [0.1, 0.15) is 0 Å². The first-order valence-corrected chi connectivity index (χ1v) is 3.66. The molecule has 0 aromatic heterocycles. The predicted molar refractivity (Wildman–Crippen MR) is 41.6 cm³/mol. The molecule has 1 aromatic rings. The number of benzene rings is 1. The maximum Gasteiger partial charge on any atom is 0.416 e. The minimum absolute atomic E-state index is 0. The van der Waals surface area contributed by atoms with E-state index >= 15 is 0 Å². The van der Waals surface area contributed by atoms with Gasteiger partial charge in [0.2, 0.25) is 0 Å². The Hall–Kier alpha value is -0.740. The molecule has 0 heterocycles. The van der Waals surface area contributed by atoms with E-state index in [-0.39, 0.29) is 18.0 Å². The van der Waals surface area contributed by atoms with Crippen LogP contribution in [0.15, 0.2) is 24.3 Å². The van der Waals surface area contributed by atoms with Crippen LogP contribution < -0.4 is 12.4 Å². The maximum absolute atomic E-state index is 12.0. The van der Waals surface area contributed by atoms with Crippen LogP contribution in [-0.4, -0.2) is 5.24 Å². The molecule has 1 rings (SSSR count). The summed E-state index contributed by atoms with van der Waals surface area (Å²) in [5.74, 6) is 0. The highest BCUT2D eigenvalue weighted by Crippen LogP contribution is 2.29. The highest BCUT2D eigenvalue weighted by molar-refractivity contribution is 6.67. The molecule has 0 aliphatic carbocycles. The number of hydrogen-bond donors (Lipinski definition) is 0. The van der Waals surface area contributed by atoms with Gasteiger partial charge in [-0.1, -0.05) is 0 Å². The van der Waals surface area contributed by atoms with Crippen molar-refractivity contribution in [3.8, 4) is 0 Å². The summed E-state index contributed by atoms with van der Waals surface area (Å²) in [5, 5.41) is -0.770. The molecule has 0 atom stereocenters. The topological polar surface area (TPSA) is 17.1 Å². The van der Waals surface area contributed by atoms with Crippen LogP contribution in [0.2, 0.25) is 0 Å². The summed E-state index contributed by atoms with van der Waals surface area (Å²) in [6, 6.07) is 3.71. The van der Waals surface area contributed by atoms with Crippen LogP contribution in [0.1, 0.15) is 15.9 Å². The second kappa shape index (κ2) is 4.66. The van der Waals surface area contributed by atoms with Gasteiger partial charge >= 0.3 is 6.18 Å². The van der Waals surface area contributed by atoms with Gasteiger partial charge in [-0.05, 0) is 35.9 Å². The van der Waals surface area contributed by atoms with Crippen LogP contribution in [0, 0.1) is 0 Å². The summed E-state index contributed by atoms with van der Waals surface area (Å²) in [4.78, 5) is 10.5. The molecule has 1 aromatic carbocycles. The zero-order valence-corrected chi connectivity index (χ0v) is 8.12. The smallest absolute Gasteiger partial charge is 0.416 e. The summed E-state index contributed by atoms with van der Waals surface area (Å²) < 4.78 is 36.0. The van der Waals surface area contributed by atoms with Crippen molar-refractivity contribution in [2.45, 2.75) is 6.18 Å². The van der Waals surface area contributed by atoms with Crippen molar-refractivity contribution in [1.29, 1.82) is 0 Å². The van der Waals surface area contributed by atoms with E-state index in [1.165, 1.54) is 0 Å². The number of carbonyl (C=O) groups excluding carboxylic acids is 1. The summed E-state index contributed by atoms with van der Waals surface area (Å²) in [6.07, 6.45) is -4.38. The van der Waals surface area contributed by atoms with Crippen LogP contribution in [0.5, 0.6) is 0 Å². The molecule has 78 valence electrons. The molecule has 6 heteroatoms. The quantitative estimate of drug-likeness (QED) is 0.640. The Morgan fingerprint density at radius 2 is 1.57 bits per heavy atom. The lowest BCUT2D eigenvalue weighted by Gasteiger charge is -2.05. The molecule has 0 aliphatic heterocycles. The van der Waals surface area contributed by atoms with Gasteiger partial charge in [0.15, 0.2) is 0 Å². The van der Waals surface area contributed by atoms with Crippen molar-refractivity contribution < 1.29 is 30.4 Å². The number of hydrogen-bond acceptors (Lipinski definition) is 1. The number of rotatable bonds is 1. The van der Waals surface area contributed by atoms with Gasteiger partial charge in [-0.15, -0.1) is 0 Å². The van der Waals surface area contributed by atoms with E-state index in [1.54, 1.807) is 0 Å². The third-order valence-corrected chi connectivity index (χ3v) is 1.66. The van der Waals surface area contributed by atoms with Gasteiger partial charge in [0, 0.05) is 5.56 Å². The largest absolute Gasteiger partial charge is 1.00 e. The van der Waals surface area contributed by atoms with Crippen molar-refractivity contribution in [2.24, 2.45) is 0 Å². The third kappa shape index (κ3) is 3.20. The minimum atomic E-state index is -4.38. The molecule has 0 unspecified atom stereocenters. The van der Waals surface area contributed by atoms with Gasteiger partial charge < -0.3 is 12.4 Å². The molecule has 0 fully saturated rings. The van der Waals surface area contributed by atoms with Crippen LogP contribution >= 0.6 is 11.6 Å². The highest BCUT2D eigenvalue weighted by Gasteiger charge is 2.30. The summed E-state index contributed by atoms with van der Waals surface area (Å²) >= 11 is 5.05. The first-order chi connectivity index (χ1) is 5.91. The lowest BCUT2D eigenvalue weighted by molar-refractivity contribution is -0.137. The van der Waals surface area contributed by atoms with Crippen molar-refractivity contribution in [3.05, 3.63) is 35.4 Å². The molecule has 0 amide bonds. The third-order valence-electron chi connectivity index (χ3n) is 1.44. The van der Waals surface area contributed by atoms with E-state index in [0.717, 1.165) is 24.3 Å². The highest BCUT2D eigenvalue weighted by atomic mass is 35.5. The van der Waals surface area contributed by atoms with Crippen molar-refractivity contribution in [3.63, 3.8) is 0 Å². The Morgan fingerprint density at radius 3 is 1.86 bits per heavy atom. The van der Waals surface area contributed by atoms with Crippen molar-refractivity contribution in [1.82, 2.24) is 0 Å². The summed E-state index contributed by atoms with van der Waals surface area (Å²) in [6.45, 7) is 0. The zero-order valence-electron chi connectivity index (χ0n) is 6.61. The van der Waals surface area contributed by atoms with Gasteiger partial charge in [-0.2, -0.15) is 13.2 Å². The number of halogens is 5.